The molecule has 0 bridgehead atoms. The van der Waals surface area contributed by atoms with Gasteiger partial charge in [0.15, 0.2) is 0 Å². The lowest BCUT2D eigenvalue weighted by Crippen LogP contribution is -2.42. The molecule has 0 saturated carbocycles. The van der Waals surface area contributed by atoms with Crippen molar-refractivity contribution in [2.24, 2.45) is 11.8 Å². The highest BCUT2D eigenvalue weighted by Gasteiger charge is 2.16. The summed E-state index contributed by atoms with van der Waals surface area (Å²) in [6, 6.07) is 2.15. The van der Waals surface area contributed by atoms with E-state index >= 15 is 0 Å². The molecule has 1 saturated heterocycles. The summed E-state index contributed by atoms with van der Waals surface area (Å²) in [7, 11) is 0. The average molecular weight is 207 g/mol. The molecule has 1 aliphatic rings. The van der Waals surface area contributed by atoms with Gasteiger partial charge in [-0.25, -0.2) is 0 Å². The molecule has 3 heteroatoms. The molecule has 0 spiro atoms. The van der Waals surface area contributed by atoms with Crippen LogP contribution in [-0.4, -0.2) is 22.9 Å². The van der Waals surface area contributed by atoms with Crippen molar-refractivity contribution in [3.05, 3.63) is 18.0 Å². The van der Waals surface area contributed by atoms with Crippen molar-refractivity contribution in [3.63, 3.8) is 0 Å². The van der Waals surface area contributed by atoms with Crippen LogP contribution >= 0.6 is 0 Å². The number of hydrogen-bond acceptors (Lipinski definition) is 2. The minimum absolute atomic E-state index is 0.714. The fourth-order valence-corrected chi connectivity index (χ4v) is 2.01. The van der Waals surface area contributed by atoms with Crippen LogP contribution in [0.3, 0.4) is 0 Å². The lowest BCUT2D eigenvalue weighted by Gasteiger charge is -2.27. The van der Waals surface area contributed by atoms with Crippen molar-refractivity contribution < 1.29 is 0 Å². The predicted molar refractivity (Wildman–Crippen MR) is 61.7 cm³/mol. The molecule has 2 rings (SSSR count). The van der Waals surface area contributed by atoms with E-state index < -0.39 is 0 Å². The van der Waals surface area contributed by atoms with E-state index in [4.69, 9.17) is 0 Å². The summed E-state index contributed by atoms with van der Waals surface area (Å²) >= 11 is 0. The van der Waals surface area contributed by atoms with E-state index in [1.165, 1.54) is 25.2 Å². The summed E-state index contributed by atoms with van der Waals surface area (Å²) in [5.41, 5.74) is 1.39. The van der Waals surface area contributed by atoms with Crippen LogP contribution in [0.15, 0.2) is 12.3 Å². The minimum Gasteiger partial charge on any atom is -0.316 e. The van der Waals surface area contributed by atoms with Crippen molar-refractivity contribution in [1.29, 1.82) is 0 Å². The maximum Gasteiger partial charge on any atom is 0.0492 e. The largest absolute Gasteiger partial charge is 0.316 e. The molecule has 0 aliphatic carbocycles. The van der Waals surface area contributed by atoms with E-state index in [1.54, 1.807) is 0 Å². The van der Waals surface area contributed by atoms with Crippen LogP contribution in [0.1, 0.15) is 26.0 Å². The van der Waals surface area contributed by atoms with Gasteiger partial charge < -0.3 is 5.32 Å². The highest BCUT2D eigenvalue weighted by Crippen LogP contribution is 2.12. The zero-order chi connectivity index (χ0) is 10.7. The predicted octanol–water partition coefficient (Wildman–Crippen LogP) is 1.69. The molecular formula is C12H21N3. The molecule has 0 unspecified atom stereocenters. The highest BCUT2D eigenvalue weighted by atomic mass is 15.3. The maximum absolute atomic E-state index is 4.40. The molecule has 15 heavy (non-hydrogen) atoms. The monoisotopic (exact) mass is 207 g/mol. The van der Waals surface area contributed by atoms with Gasteiger partial charge in [0.25, 0.3) is 0 Å². The smallest absolute Gasteiger partial charge is 0.0492 e. The fourth-order valence-electron chi connectivity index (χ4n) is 2.01. The number of nitrogens with one attached hydrogen (secondary N) is 1. The Morgan fingerprint density at radius 1 is 1.53 bits per heavy atom. The Balaban J connectivity index is 1.86. The molecule has 2 heterocycles. The van der Waals surface area contributed by atoms with Crippen LogP contribution < -0.4 is 5.32 Å². The van der Waals surface area contributed by atoms with Gasteiger partial charge in [-0.15, -0.1) is 0 Å². The van der Waals surface area contributed by atoms with Crippen molar-refractivity contribution in [2.45, 2.75) is 33.2 Å². The van der Waals surface area contributed by atoms with Gasteiger partial charge in [0, 0.05) is 18.4 Å². The highest BCUT2D eigenvalue weighted by molar-refractivity contribution is 5.01. The molecule has 1 aliphatic heterocycles. The Hall–Kier alpha value is -0.830. The lowest BCUT2D eigenvalue weighted by atomic mass is 9.99. The fraction of sp³-hybridized carbons (Fsp3) is 0.750. The van der Waals surface area contributed by atoms with E-state index in [-0.39, 0.29) is 0 Å². The van der Waals surface area contributed by atoms with Crippen LogP contribution in [0.2, 0.25) is 0 Å². The molecule has 0 aromatic carbocycles. The Kier molecular flexibility index (Phi) is 3.41. The number of rotatable bonds is 5. The number of hydrogen-bond donors (Lipinski definition) is 1. The average Bonchev–Trinajstić information content (AvgIpc) is 2.49. The first kappa shape index (κ1) is 10.7. The first-order valence-electron chi connectivity index (χ1n) is 5.97. The summed E-state index contributed by atoms with van der Waals surface area (Å²) in [5, 5.41) is 7.70. The molecule has 84 valence electrons. The first-order valence-corrected chi connectivity index (χ1v) is 5.97. The second-order valence-electron chi connectivity index (χ2n) is 4.96. The van der Waals surface area contributed by atoms with Crippen LogP contribution in [0, 0.1) is 11.8 Å². The van der Waals surface area contributed by atoms with Gasteiger partial charge in [-0.1, -0.05) is 13.8 Å². The van der Waals surface area contributed by atoms with Crippen molar-refractivity contribution in [3.8, 4) is 0 Å². The topological polar surface area (TPSA) is 29.9 Å². The van der Waals surface area contributed by atoms with Gasteiger partial charge in [0.05, 0.1) is 0 Å². The Morgan fingerprint density at radius 3 is 2.93 bits per heavy atom. The molecular weight excluding hydrogens is 186 g/mol. The van der Waals surface area contributed by atoms with Gasteiger partial charge in [0.1, 0.15) is 0 Å². The second-order valence-corrected chi connectivity index (χ2v) is 4.96. The van der Waals surface area contributed by atoms with Gasteiger partial charge in [-0.2, -0.15) is 5.10 Å². The number of aryl methyl sites for hydroxylation is 1. The Morgan fingerprint density at radius 2 is 2.33 bits per heavy atom. The second kappa shape index (κ2) is 4.79. The van der Waals surface area contributed by atoms with Gasteiger partial charge in [-0.05, 0) is 43.8 Å². The minimum atomic E-state index is 0.714. The lowest BCUT2D eigenvalue weighted by molar-refractivity contribution is 0.304. The standard InChI is InChI=1S/C12H21N3/c1-10(2)7-12-3-5-14-15(12)6-4-11-8-13-9-11/h3,5,10-11,13H,4,6-9H2,1-2H3. The molecule has 1 aromatic rings. The van der Waals surface area contributed by atoms with Gasteiger partial charge >= 0.3 is 0 Å². The van der Waals surface area contributed by atoms with Crippen molar-refractivity contribution in [2.75, 3.05) is 13.1 Å². The number of nitrogens with zero attached hydrogens (tertiary/aromatic N) is 2. The summed E-state index contributed by atoms with van der Waals surface area (Å²) in [6.45, 7) is 7.99. The van der Waals surface area contributed by atoms with E-state index in [1.807, 2.05) is 6.20 Å². The normalized spacial score (nSPS) is 17.0. The summed E-state index contributed by atoms with van der Waals surface area (Å²) in [4.78, 5) is 0. The SMILES string of the molecule is CC(C)Cc1ccnn1CCC1CNC1. The third-order valence-electron chi connectivity index (χ3n) is 3.04. The van der Waals surface area contributed by atoms with Crippen molar-refractivity contribution >= 4 is 0 Å². The summed E-state index contributed by atoms with van der Waals surface area (Å²) in [5.74, 6) is 1.59. The molecule has 0 radical (unpaired) electrons. The first-order chi connectivity index (χ1) is 7.25. The zero-order valence-corrected chi connectivity index (χ0v) is 9.74. The number of aromatic nitrogens is 2. The van der Waals surface area contributed by atoms with E-state index in [9.17, 15) is 0 Å². The third-order valence-corrected chi connectivity index (χ3v) is 3.04. The molecule has 0 atom stereocenters. The maximum atomic E-state index is 4.40. The van der Waals surface area contributed by atoms with E-state index in [2.05, 4.69) is 35.0 Å². The quantitative estimate of drug-likeness (QED) is 0.796. The van der Waals surface area contributed by atoms with Crippen LogP contribution in [0.25, 0.3) is 0 Å². The molecule has 1 aromatic heterocycles. The van der Waals surface area contributed by atoms with Crippen LogP contribution in [-0.2, 0) is 13.0 Å². The van der Waals surface area contributed by atoms with Gasteiger partial charge in [0.2, 0.25) is 0 Å². The molecule has 1 N–H and O–H groups in total. The zero-order valence-electron chi connectivity index (χ0n) is 9.74. The van der Waals surface area contributed by atoms with Crippen LogP contribution in [0.4, 0.5) is 0 Å². The Bertz CT molecular complexity index is 300. The summed E-state index contributed by atoms with van der Waals surface area (Å²) < 4.78 is 2.18. The Labute approximate surface area is 91.9 Å². The molecule has 3 nitrogen and oxygen atoms in total. The van der Waals surface area contributed by atoms with E-state index in [0.29, 0.717) is 5.92 Å². The summed E-state index contributed by atoms with van der Waals surface area (Å²) in [6.07, 6.45) is 4.33. The van der Waals surface area contributed by atoms with Crippen molar-refractivity contribution in [1.82, 2.24) is 15.1 Å². The molecule has 0 amide bonds. The third kappa shape index (κ3) is 2.81. The van der Waals surface area contributed by atoms with Crippen LogP contribution in [0.5, 0.6) is 0 Å². The van der Waals surface area contributed by atoms with Gasteiger partial charge in [-0.3, -0.25) is 4.68 Å². The molecule has 1 fully saturated rings. The van der Waals surface area contributed by atoms with E-state index in [0.717, 1.165) is 18.9 Å².